The molecule has 0 bridgehead atoms. The van der Waals surface area contributed by atoms with Crippen molar-refractivity contribution < 1.29 is 9.53 Å². The van der Waals surface area contributed by atoms with Crippen molar-refractivity contribution in [2.45, 2.75) is 43.7 Å². The predicted octanol–water partition coefficient (Wildman–Crippen LogP) is 3.02. The van der Waals surface area contributed by atoms with E-state index in [9.17, 15) is 4.79 Å². The summed E-state index contributed by atoms with van der Waals surface area (Å²) in [7, 11) is 0. The Hall–Kier alpha value is -2.08. The van der Waals surface area contributed by atoms with Crippen molar-refractivity contribution in [3.63, 3.8) is 0 Å². The molecule has 4 rings (SSSR count). The average molecular weight is 333 g/mol. The van der Waals surface area contributed by atoms with E-state index in [1.807, 2.05) is 18.2 Å². The molecule has 1 aliphatic heterocycles. The number of hydrogen-bond donors (Lipinski definition) is 2. The van der Waals surface area contributed by atoms with Crippen LogP contribution in [-0.4, -0.2) is 26.9 Å². The van der Waals surface area contributed by atoms with Crippen LogP contribution in [0.15, 0.2) is 24.4 Å². The van der Waals surface area contributed by atoms with E-state index in [0.717, 1.165) is 43.4 Å². The Kier molecular flexibility index (Phi) is 3.49. The van der Waals surface area contributed by atoms with Crippen molar-refractivity contribution in [1.82, 2.24) is 20.7 Å². The Morgan fingerprint density at radius 3 is 2.96 bits per heavy atom. The van der Waals surface area contributed by atoms with Crippen LogP contribution < -0.4 is 10.1 Å². The number of carbonyl (C=O) groups is 1. The van der Waals surface area contributed by atoms with Gasteiger partial charge in [0.05, 0.1) is 12.2 Å². The Morgan fingerprint density at radius 1 is 1.39 bits per heavy atom. The zero-order valence-electron chi connectivity index (χ0n) is 12.5. The third kappa shape index (κ3) is 2.67. The van der Waals surface area contributed by atoms with Crippen molar-refractivity contribution in [3.05, 3.63) is 40.7 Å². The number of benzene rings is 1. The highest BCUT2D eigenvalue weighted by Gasteiger charge is 2.43. The van der Waals surface area contributed by atoms with E-state index in [0.29, 0.717) is 5.02 Å². The van der Waals surface area contributed by atoms with Crippen LogP contribution in [0.1, 0.15) is 54.2 Å². The van der Waals surface area contributed by atoms with E-state index in [-0.39, 0.29) is 23.2 Å². The second-order valence-electron chi connectivity index (χ2n) is 6.26. The first-order valence-corrected chi connectivity index (χ1v) is 8.18. The summed E-state index contributed by atoms with van der Waals surface area (Å²) in [5.74, 6) is 0.567. The maximum Gasteiger partial charge on any atom is 0.273 e. The van der Waals surface area contributed by atoms with E-state index >= 15 is 0 Å². The molecular weight excluding hydrogens is 316 g/mol. The maximum absolute atomic E-state index is 12.4. The molecule has 1 atom stereocenters. The third-order valence-electron chi connectivity index (χ3n) is 4.72. The normalized spacial score (nSPS) is 21.7. The molecule has 7 heteroatoms. The quantitative estimate of drug-likeness (QED) is 0.886. The molecule has 1 aliphatic carbocycles. The van der Waals surface area contributed by atoms with Gasteiger partial charge in [-0.25, -0.2) is 0 Å². The minimum absolute atomic E-state index is 0.139. The van der Waals surface area contributed by atoms with Crippen LogP contribution in [0.3, 0.4) is 0 Å². The van der Waals surface area contributed by atoms with E-state index in [2.05, 4.69) is 20.7 Å². The molecule has 2 aliphatic rings. The molecule has 0 saturated heterocycles. The largest absolute Gasteiger partial charge is 0.487 e. The number of rotatable bonds is 2. The lowest BCUT2D eigenvalue weighted by molar-refractivity contribution is 0.0360. The van der Waals surface area contributed by atoms with Crippen molar-refractivity contribution in [1.29, 1.82) is 0 Å². The molecule has 1 aromatic heterocycles. The number of fused-ring (bicyclic) bond motifs is 1. The fraction of sp³-hybridized carbons (Fsp3) is 0.438. The van der Waals surface area contributed by atoms with Crippen LogP contribution in [-0.2, 0) is 0 Å². The number of amides is 1. The van der Waals surface area contributed by atoms with Gasteiger partial charge < -0.3 is 10.1 Å². The number of H-pyrrole nitrogens is 1. The van der Waals surface area contributed by atoms with Gasteiger partial charge in [0.1, 0.15) is 11.4 Å². The first kappa shape index (κ1) is 14.5. The number of nitrogens with one attached hydrogen (secondary N) is 2. The van der Waals surface area contributed by atoms with Gasteiger partial charge >= 0.3 is 0 Å². The molecule has 1 saturated carbocycles. The number of halogens is 1. The first-order chi connectivity index (χ1) is 11.2. The molecule has 1 spiro atoms. The van der Waals surface area contributed by atoms with Gasteiger partial charge in [-0.1, -0.05) is 11.6 Å². The van der Waals surface area contributed by atoms with Gasteiger partial charge in [-0.3, -0.25) is 4.79 Å². The van der Waals surface area contributed by atoms with Crippen LogP contribution in [0.4, 0.5) is 0 Å². The van der Waals surface area contributed by atoms with Gasteiger partial charge in [-0.2, -0.15) is 15.4 Å². The highest BCUT2D eigenvalue weighted by atomic mass is 35.5. The fourth-order valence-corrected chi connectivity index (χ4v) is 3.82. The second-order valence-corrected chi connectivity index (χ2v) is 6.70. The number of carbonyl (C=O) groups excluding carboxylic acids is 1. The van der Waals surface area contributed by atoms with Crippen molar-refractivity contribution in [2.75, 3.05) is 0 Å². The van der Waals surface area contributed by atoms with Gasteiger partial charge in [0.25, 0.3) is 5.91 Å². The zero-order valence-corrected chi connectivity index (χ0v) is 13.3. The predicted molar refractivity (Wildman–Crippen MR) is 84.5 cm³/mol. The SMILES string of the molecule is O=C(N[C@H]1CC2(CCCC2)Oc2ccc(Cl)cc21)c1cn[nH]n1. The van der Waals surface area contributed by atoms with Crippen LogP contribution in [0.5, 0.6) is 5.75 Å². The summed E-state index contributed by atoms with van der Waals surface area (Å²) >= 11 is 6.13. The molecule has 2 heterocycles. The lowest BCUT2D eigenvalue weighted by Crippen LogP contribution is -2.43. The summed E-state index contributed by atoms with van der Waals surface area (Å²) in [6.07, 6.45) is 6.53. The molecule has 1 fully saturated rings. The van der Waals surface area contributed by atoms with Gasteiger partial charge in [-0.05, 0) is 43.9 Å². The summed E-state index contributed by atoms with van der Waals surface area (Å²) in [6, 6.07) is 5.45. The molecule has 1 aromatic carbocycles. The summed E-state index contributed by atoms with van der Waals surface area (Å²) in [5.41, 5.74) is 1.02. The molecule has 2 aromatic rings. The Labute approximate surface area is 138 Å². The minimum Gasteiger partial charge on any atom is -0.487 e. The fourth-order valence-electron chi connectivity index (χ4n) is 3.64. The maximum atomic E-state index is 12.4. The molecule has 1 amide bonds. The molecule has 6 nitrogen and oxygen atoms in total. The highest BCUT2D eigenvalue weighted by molar-refractivity contribution is 6.30. The molecular formula is C16H17ClN4O2. The third-order valence-corrected chi connectivity index (χ3v) is 4.95. The number of aromatic nitrogens is 3. The van der Waals surface area contributed by atoms with Gasteiger partial charge in [0.15, 0.2) is 5.69 Å². The summed E-state index contributed by atoms with van der Waals surface area (Å²) in [6.45, 7) is 0. The standard InChI is InChI=1S/C16H17ClN4O2/c17-10-3-4-14-11(7-10)12(8-16(23-14)5-1-2-6-16)19-15(22)13-9-18-21-20-13/h3-4,7,9,12H,1-2,5-6,8H2,(H,19,22)(H,18,20,21)/t12-/m0/s1. The van der Waals surface area contributed by atoms with Crippen LogP contribution in [0, 0.1) is 0 Å². The van der Waals surface area contributed by atoms with E-state index in [1.165, 1.54) is 6.20 Å². The summed E-state index contributed by atoms with van der Waals surface area (Å²) < 4.78 is 6.29. The lowest BCUT2D eigenvalue weighted by atomic mass is 9.86. The second kappa shape index (κ2) is 5.53. The topological polar surface area (TPSA) is 79.9 Å². The summed E-state index contributed by atoms with van der Waals surface area (Å²) in [4.78, 5) is 12.4. The van der Waals surface area contributed by atoms with Crippen molar-refractivity contribution >= 4 is 17.5 Å². The van der Waals surface area contributed by atoms with Gasteiger partial charge in [-0.15, -0.1) is 0 Å². The number of aromatic amines is 1. The monoisotopic (exact) mass is 332 g/mol. The molecule has 0 radical (unpaired) electrons. The van der Waals surface area contributed by atoms with E-state index in [4.69, 9.17) is 16.3 Å². The van der Waals surface area contributed by atoms with Crippen molar-refractivity contribution in [2.24, 2.45) is 0 Å². The first-order valence-electron chi connectivity index (χ1n) is 7.80. The zero-order chi connectivity index (χ0) is 15.9. The Bertz CT molecular complexity index is 726. The van der Waals surface area contributed by atoms with Gasteiger partial charge in [0, 0.05) is 17.0 Å². The Balaban J connectivity index is 1.66. The molecule has 2 N–H and O–H groups in total. The smallest absolute Gasteiger partial charge is 0.273 e. The van der Waals surface area contributed by atoms with Crippen molar-refractivity contribution in [3.8, 4) is 5.75 Å². The highest BCUT2D eigenvalue weighted by Crippen LogP contribution is 2.47. The molecule has 23 heavy (non-hydrogen) atoms. The lowest BCUT2D eigenvalue weighted by Gasteiger charge is -2.40. The van der Waals surface area contributed by atoms with Crippen LogP contribution in [0.25, 0.3) is 0 Å². The molecule has 120 valence electrons. The number of ether oxygens (including phenoxy) is 1. The van der Waals surface area contributed by atoms with Gasteiger partial charge in [0.2, 0.25) is 0 Å². The van der Waals surface area contributed by atoms with E-state index in [1.54, 1.807) is 0 Å². The summed E-state index contributed by atoms with van der Waals surface area (Å²) in [5, 5.41) is 13.7. The Morgan fingerprint density at radius 2 is 2.22 bits per heavy atom. The number of nitrogens with zero attached hydrogens (tertiary/aromatic N) is 2. The van der Waals surface area contributed by atoms with E-state index < -0.39 is 0 Å². The average Bonchev–Trinajstić information content (AvgIpc) is 3.20. The van der Waals surface area contributed by atoms with Crippen LogP contribution >= 0.6 is 11.6 Å². The molecule has 0 unspecified atom stereocenters. The number of hydrogen-bond acceptors (Lipinski definition) is 4. The minimum atomic E-state index is -0.246. The van der Waals surface area contributed by atoms with Crippen LogP contribution in [0.2, 0.25) is 5.02 Å².